The van der Waals surface area contributed by atoms with Crippen molar-refractivity contribution in [2.75, 3.05) is 11.9 Å². The summed E-state index contributed by atoms with van der Waals surface area (Å²) in [5.74, 6) is -1.30. The van der Waals surface area contributed by atoms with Crippen LogP contribution in [0.25, 0.3) is 0 Å². The molecule has 0 aliphatic rings. The molecule has 0 radical (unpaired) electrons. The lowest BCUT2D eigenvalue weighted by Gasteiger charge is -2.15. The number of carbonyl (C=O) groups excluding carboxylic acids is 3. The lowest BCUT2D eigenvalue weighted by atomic mass is 10.2. The Morgan fingerprint density at radius 1 is 0.933 bits per heavy atom. The molecule has 2 aromatic carbocycles. The lowest BCUT2D eigenvalue weighted by Crippen LogP contribution is -2.47. The Bertz CT molecular complexity index is 992. The quantitative estimate of drug-likeness (QED) is 0.464. The Morgan fingerprint density at radius 3 is 2.17 bits per heavy atom. The van der Waals surface area contributed by atoms with Gasteiger partial charge in [0.05, 0.1) is 17.5 Å². The van der Waals surface area contributed by atoms with Gasteiger partial charge in [-0.05, 0) is 36.8 Å². The SMILES string of the molecule is CC(=O)Nc1ccc(S(=O)(=O)N[C@@H](C)C(=O)NCC(=O)NCc2ccccc2)cc1. The summed E-state index contributed by atoms with van der Waals surface area (Å²) in [5, 5.41) is 7.60. The Balaban J connectivity index is 1.83. The molecule has 4 N–H and O–H groups in total. The molecule has 30 heavy (non-hydrogen) atoms. The Kier molecular flexibility index (Phi) is 8.07. The standard InChI is InChI=1S/C20H24N4O5S/c1-14(20(27)22-13-19(26)21-12-16-6-4-3-5-7-16)24-30(28,29)18-10-8-17(9-11-18)23-15(2)25/h3-11,14,24H,12-13H2,1-2H3,(H,21,26)(H,22,27)(H,23,25)/t14-/m0/s1. The van der Waals surface area contributed by atoms with Crippen molar-refractivity contribution in [3.63, 3.8) is 0 Å². The van der Waals surface area contributed by atoms with Gasteiger partial charge in [-0.1, -0.05) is 30.3 Å². The summed E-state index contributed by atoms with van der Waals surface area (Å²) in [6, 6.07) is 13.7. The van der Waals surface area contributed by atoms with E-state index >= 15 is 0 Å². The molecule has 0 aliphatic carbocycles. The van der Waals surface area contributed by atoms with Crippen molar-refractivity contribution in [3.8, 4) is 0 Å². The van der Waals surface area contributed by atoms with Gasteiger partial charge in [-0.3, -0.25) is 14.4 Å². The molecular weight excluding hydrogens is 408 g/mol. The molecule has 0 spiro atoms. The van der Waals surface area contributed by atoms with Crippen molar-refractivity contribution in [1.29, 1.82) is 0 Å². The largest absolute Gasteiger partial charge is 0.350 e. The van der Waals surface area contributed by atoms with Gasteiger partial charge in [-0.2, -0.15) is 4.72 Å². The van der Waals surface area contributed by atoms with Crippen LogP contribution in [0.4, 0.5) is 5.69 Å². The molecule has 3 amide bonds. The zero-order valence-electron chi connectivity index (χ0n) is 16.6. The predicted molar refractivity (Wildman–Crippen MR) is 112 cm³/mol. The van der Waals surface area contributed by atoms with Crippen LogP contribution in [0.15, 0.2) is 59.5 Å². The maximum Gasteiger partial charge on any atom is 0.241 e. The van der Waals surface area contributed by atoms with Gasteiger partial charge in [0.2, 0.25) is 27.7 Å². The number of carbonyl (C=O) groups is 3. The van der Waals surface area contributed by atoms with E-state index in [4.69, 9.17) is 0 Å². The van der Waals surface area contributed by atoms with E-state index in [-0.39, 0.29) is 17.3 Å². The summed E-state index contributed by atoms with van der Waals surface area (Å²) in [6.07, 6.45) is 0. The summed E-state index contributed by atoms with van der Waals surface area (Å²) >= 11 is 0. The van der Waals surface area contributed by atoms with Crippen LogP contribution in [-0.2, 0) is 31.0 Å². The summed E-state index contributed by atoms with van der Waals surface area (Å²) in [5.41, 5.74) is 1.37. The molecule has 0 fully saturated rings. The number of anilines is 1. The molecule has 0 saturated heterocycles. The van der Waals surface area contributed by atoms with Crippen molar-refractivity contribution in [3.05, 3.63) is 60.2 Å². The van der Waals surface area contributed by atoms with Gasteiger partial charge in [-0.25, -0.2) is 8.42 Å². The first-order chi connectivity index (χ1) is 14.2. The average Bonchev–Trinajstić information content (AvgIpc) is 2.70. The Labute approximate surface area is 175 Å². The van der Waals surface area contributed by atoms with Gasteiger partial charge in [0.1, 0.15) is 0 Å². The van der Waals surface area contributed by atoms with Crippen LogP contribution in [0, 0.1) is 0 Å². The lowest BCUT2D eigenvalue weighted by molar-refractivity contribution is -0.126. The number of benzene rings is 2. The fourth-order valence-corrected chi connectivity index (χ4v) is 3.66. The van der Waals surface area contributed by atoms with Crippen LogP contribution < -0.4 is 20.7 Å². The number of nitrogens with one attached hydrogen (secondary N) is 4. The van der Waals surface area contributed by atoms with Gasteiger partial charge in [0.15, 0.2) is 0 Å². The molecule has 10 heteroatoms. The highest BCUT2D eigenvalue weighted by Crippen LogP contribution is 2.14. The average molecular weight is 433 g/mol. The van der Waals surface area contributed by atoms with Crippen molar-refractivity contribution in [2.24, 2.45) is 0 Å². The molecular formula is C20H24N4O5S. The third kappa shape index (κ3) is 7.30. The molecule has 0 unspecified atom stereocenters. The molecule has 0 aromatic heterocycles. The second-order valence-electron chi connectivity index (χ2n) is 6.53. The minimum absolute atomic E-state index is 0.0585. The van der Waals surface area contributed by atoms with Crippen LogP contribution in [0.1, 0.15) is 19.4 Å². The highest BCUT2D eigenvalue weighted by atomic mass is 32.2. The smallest absolute Gasteiger partial charge is 0.241 e. The van der Waals surface area contributed by atoms with E-state index in [0.717, 1.165) is 5.56 Å². The minimum Gasteiger partial charge on any atom is -0.350 e. The molecule has 2 aromatic rings. The highest BCUT2D eigenvalue weighted by Gasteiger charge is 2.22. The first kappa shape index (κ1) is 23.0. The first-order valence-electron chi connectivity index (χ1n) is 9.15. The highest BCUT2D eigenvalue weighted by molar-refractivity contribution is 7.89. The van der Waals surface area contributed by atoms with Crippen LogP contribution >= 0.6 is 0 Å². The summed E-state index contributed by atoms with van der Waals surface area (Å²) in [7, 11) is -3.96. The van der Waals surface area contributed by atoms with Gasteiger partial charge < -0.3 is 16.0 Å². The van der Waals surface area contributed by atoms with Crippen LogP contribution in [-0.4, -0.2) is 38.7 Å². The molecule has 0 heterocycles. The second-order valence-corrected chi connectivity index (χ2v) is 8.24. The van der Waals surface area contributed by atoms with E-state index in [0.29, 0.717) is 12.2 Å². The third-order valence-electron chi connectivity index (χ3n) is 3.97. The topological polar surface area (TPSA) is 133 Å². The predicted octanol–water partition coefficient (Wildman–Crippen LogP) is 0.744. The normalized spacial score (nSPS) is 11.9. The summed E-state index contributed by atoms with van der Waals surface area (Å²) in [4.78, 5) is 35.0. The fraction of sp³-hybridized carbons (Fsp3) is 0.250. The van der Waals surface area contributed by atoms with Crippen LogP contribution in [0.2, 0.25) is 0 Å². The Morgan fingerprint density at radius 2 is 1.57 bits per heavy atom. The van der Waals surface area contributed by atoms with Gasteiger partial charge >= 0.3 is 0 Å². The second kappa shape index (κ2) is 10.5. The van der Waals surface area contributed by atoms with Crippen LogP contribution in [0.3, 0.4) is 0 Å². The third-order valence-corrected chi connectivity index (χ3v) is 5.52. The number of hydrogen-bond donors (Lipinski definition) is 4. The van der Waals surface area contributed by atoms with Crippen molar-refractivity contribution >= 4 is 33.4 Å². The van der Waals surface area contributed by atoms with E-state index in [1.54, 1.807) is 0 Å². The van der Waals surface area contributed by atoms with Crippen molar-refractivity contribution in [1.82, 2.24) is 15.4 Å². The van der Waals surface area contributed by atoms with E-state index in [2.05, 4.69) is 20.7 Å². The maximum atomic E-state index is 12.4. The molecule has 2 rings (SSSR count). The van der Waals surface area contributed by atoms with E-state index in [1.807, 2.05) is 30.3 Å². The molecule has 9 nitrogen and oxygen atoms in total. The van der Waals surface area contributed by atoms with Crippen molar-refractivity contribution < 1.29 is 22.8 Å². The zero-order chi connectivity index (χ0) is 22.1. The number of amides is 3. The molecule has 1 atom stereocenters. The monoisotopic (exact) mass is 432 g/mol. The summed E-state index contributed by atoms with van der Waals surface area (Å²) in [6.45, 7) is 2.77. The minimum atomic E-state index is -3.96. The molecule has 0 aliphatic heterocycles. The van der Waals surface area contributed by atoms with Gasteiger partial charge in [-0.15, -0.1) is 0 Å². The first-order valence-corrected chi connectivity index (χ1v) is 10.6. The molecule has 0 saturated carbocycles. The van der Waals surface area contributed by atoms with Crippen molar-refractivity contribution in [2.45, 2.75) is 31.3 Å². The summed E-state index contributed by atoms with van der Waals surface area (Å²) < 4.78 is 27.1. The van der Waals surface area contributed by atoms with E-state index < -0.39 is 27.9 Å². The number of sulfonamides is 1. The number of rotatable bonds is 9. The fourth-order valence-electron chi connectivity index (χ4n) is 2.45. The van der Waals surface area contributed by atoms with E-state index in [1.165, 1.54) is 38.1 Å². The maximum absolute atomic E-state index is 12.4. The molecule has 0 bridgehead atoms. The number of hydrogen-bond acceptors (Lipinski definition) is 5. The van der Waals surface area contributed by atoms with Crippen LogP contribution in [0.5, 0.6) is 0 Å². The van der Waals surface area contributed by atoms with E-state index in [9.17, 15) is 22.8 Å². The Hall–Kier alpha value is -3.24. The van der Waals surface area contributed by atoms with Gasteiger partial charge in [0, 0.05) is 19.2 Å². The van der Waals surface area contributed by atoms with Gasteiger partial charge in [0.25, 0.3) is 0 Å². The molecule has 160 valence electrons. The zero-order valence-corrected chi connectivity index (χ0v) is 17.5.